The fourth-order valence-corrected chi connectivity index (χ4v) is 2.40. The zero-order valence-electron chi connectivity index (χ0n) is 11.6. The van der Waals surface area contributed by atoms with Crippen LogP contribution in [-0.4, -0.2) is 35.1 Å². The predicted molar refractivity (Wildman–Crippen MR) is 77.0 cm³/mol. The van der Waals surface area contributed by atoms with Crippen LogP contribution in [0, 0.1) is 5.92 Å². The minimum Gasteiger partial charge on any atom is -0.478 e. The van der Waals surface area contributed by atoms with E-state index in [2.05, 4.69) is 12.2 Å². The van der Waals surface area contributed by atoms with Gasteiger partial charge < -0.3 is 15.3 Å². The van der Waals surface area contributed by atoms with Crippen molar-refractivity contribution in [3.05, 3.63) is 29.8 Å². The van der Waals surface area contributed by atoms with Crippen molar-refractivity contribution in [1.82, 2.24) is 4.90 Å². The Hall–Kier alpha value is -2.04. The highest BCUT2D eigenvalue weighted by atomic mass is 16.4. The van der Waals surface area contributed by atoms with Crippen molar-refractivity contribution >= 4 is 17.7 Å². The molecule has 0 aromatic heterocycles. The lowest BCUT2D eigenvalue weighted by Crippen LogP contribution is -2.35. The fourth-order valence-electron chi connectivity index (χ4n) is 2.40. The van der Waals surface area contributed by atoms with Gasteiger partial charge in [0.25, 0.3) is 0 Å². The first-order chi connectivity index (χ1) is 9.56. The average Bonchev–Trinajstić information content (AvgIpc) is 2.64. The maximum atomic E-state index is 12.2. The number of carbonyl (C=O) groups excluding carboxylic acids is 1. The van der Waals surface area contributed by atoms with Crippen molar-refractivity contribution in [3.63, 3.8) is 0 Å². The molecule has 1 heterocycles. The van der Waals surface area contributed by atoms with Crippen molar-refractivity contribution in [2.45, 2.75) is 26.2 Å². The second-order valence-corrected chi connectivity index (χ2v) is 5.34. The Bertz CT molecular complexity index is 502. The normalized spacial score (nSPS) is 19.2. The van der Waals surface area contributed by atoms with E-state index in [1.165, 1.54) is 12.1 Å². The van der Waals surface area contributed by atoms with E-state index in [9.17, 15) is 9.59 Å². The number of nitrogens with zero attached hydrogens (tertiary/aromatic N) is 1. The van der Waals surface area contributed by atoms with E-state index < -0.39 is 5.97 Å². The van der Waals surface area contributed by atoms with Gasteiger partial charge in [0, 0.05) is 18.8 Å². The molecular formula is C15H20N2O3. The average molecular weight is 276 g/mol. The number of carboxylic acid groups (broad SMARTS) is 1. The molecule has 1 aliphatic rings. The molecular weight excluding hydrogens is 256 g/mol. The standard InChI is InChI=1S/C15H20N2O3/c1-11-4-3-8-17(9-7-11)15(20)16-13-6-2-5-12(10-13)14(18)19/h2,5-6,10-11H,3-4,7-9H2,1H3,(H,16,20)(H,18,19). The minimum atomic E-state index is -0.996. The van der Waals surface area contributed by atoms with Gasteiger partial charge in [0.05, 0.1) is 5.56 Å². The zero-order valence-corrected chi connectivity index (χ0v) is 11.6. The molecule has 0 spiro atoms. The number of anilines is 1. The number of nitrogens with one attached hydrogen (secondary N) is 1. The van der Waals surface area contributed by atoms with Crippen molar-refractivity contribution in [2.75, 3.05) is 18.4 Å². The van der Waals surface area contributed by atoms with E-state index in [-0.39, 0.29) is 11.6 Å². The number of amides is 2. The van der Waals surface area contributed by atoms with Crippen LogP contribution in [0.15, 0.2) is 24.3 Å². The first-order valence-electron chi connectivity index (χ1n) is 6.95. The Morgan fingerprint density at radius 1 is 1.30 bits per heavy atom. The summed E-state index contributed by atoms with van der Waals surface area (Å²) < 4.78 is 0. The van der Waals surface area contributed by atoms with Crippen molar-refractivity contribution < 1.29 is 14.7 Å². The third-order valence-electron chi connectivity index (χ3n) is 3.66. The van der Waals surface area contributed by atoms with Crippen LogP contribution in [0.3, 0.4) is 0 Å². The molecule has 1 saturated heterocycles. The Kier molecular flexibility index (Phi) is 4.61. The molecule has 1 atom stereocenters. The lowest BCUT2D eigenvalue weighted by molar-refractivity contribution is 0.0697. The summed E-state index contributed by atoms with van der Waals surface area (Å²) in [4.78, 5) is 24.9. The van der Waals surface area contributed by atoms with Gasteiger partial charge in [-0.15, -0.1) is 0 Å². The van der Waals surface area contributed by atoms with Crippen LogP contribution in [0.2, 0.25) is 0 Å². The number of hydrogen-bond donors (Lipinski definition) is 2. The van der Waals surface area contributed by atoms with Crippen molar-refractivity contribution in [1.29, 1.82) is 0 Å². The van der Waals surface area contributed by atoms with Gasteiger partial charge in [0.2, 0.25) is 0 Å². The molecule has 5 heteroatoms. The number of carboxylic acids is 1. The largest absolute Gasteiger partial charge is 0.478 e. The summed E-state index contributed by atoms with van der Waals surface area (Å²) in [5, 5.41) is 11.7. The summed E-state index contributed by atoms with van der Waals surface area (Å²) in [5.41, 5.74) is 0.694. The molecule has 0 aliphatic carbocycles. The second-order valence-electron chi connectivity index (χ2n) is 5.34. The number of carbonyl (C=O) groups is 2. The molecule has 108 valence electrons. The Morgan fingerprint density at radius 2 is 2.10 bits per heavy atom. The summed E-state index contributed by atoms with van der Waals surface area (Å²) in [6.07, 6.45) is 3.19. The number of rotatable bonds is 2. The number of urea groups is 1. The third kappa shape index (κ3) is 3.73. The molecule has 2 amide bonds. The lowest BCUT2D eigenvalue weighted by atomic mass is 10.0. The van der Waals surface area contributed by atoms with Gasteiger partial charge in [-0.2, -0.15) is 0 Å². The molecule has 1 fully saturated rings. The molecule has 2 rings (SSSR count). The van der Waals surface area contributed by atoms with E-state index in [1.807, 2.05) is 0 Å². The molecule has 0 radical (unpaired) electrons. The lowest BCUT2D eigenvalue weighted by Gasteiger charge is -2.21. The number of aromatic carboxylic acids is 1. The van der Waals surface area contributed by atoms with Crippen LogP contribution < -0.4 is 5.32 Å². The van der Waals surface area contributed by atoms with Crippen LogP contribution in [0.5, 0.6) is 0 Å². The third-order valence-corrected chi connectivity index (χ3v) is 3.66. The predicted octanol–water partition coefficient (Wildman–Crippen LogP) is 3.04. The van der Waals surface area contributed by atoms with E-state index >= 15 is 0 Å². The first kappa shape index (κ1) is 14.4. The van der Waals surface area contributed by atoms with E-state index in [0.717, 1.165) is 32.4 Å². The monoisotopic (exact) mass is 276 g/mol. The summed E-state index contributed by atoms with van der Waals surface area (Å²) in [7, 11) is 0. The van der Waals surface area contributed by atoms with Gasteiger partial charge in [-0.05, 0) is 43.4 Å². The fraction of sp³-hybridized carbons (Fsp3) is 0.467. The maximum absolute atomic E-state index is 12.2. The van der Waals surface area contributed by atoms with Gasteiger partial charge in [-0.1, -0.05) is 13.0 Å². The van der Waals surface area contributed by atoms with Crippen LogP contribution in [0.4, 0.5) is 10.5 Å². The smallest absolute Gasteiger partial charge is 0.335 e. The molecule has 1 aromatic rings. The number of likely N-dealkylation sites (tertiary alicyclic amines) is 1. The highest BCUT2D eigenvalue weighted by Gasteiger charge is 2.18. The van der Waals surface area contributed by atoms with Crippen LogP contribution in [0.1, 0.15) is 36.5 Å². The molecule has 1 unspecified atom stereocenters. The van der Waals surface area contributed by atoms with E-state index in [0.29, 0.717) is 11.6 Å². The van der Waals surface area contributed by atoms with Gasteiger partial charge >= 0.3 is 12.0 Å². The van der Waals surface area contributed by atoms with Gasteiger partial charge in [0.1, 0.15) is 0 Å². The van der Waals surface area contributed by atoms with Crippen LogP contribution in [0.25, 0.3) is 0 Å². The van der Waals surface area contributed by atoms with E-state index in [4.69, 9.17) is 5.11 Å². The molecule has 2 N–H and O–H groups in total. The zero-order chi connectivity index (χ0) is 14.5. The maximum Gasteiger partial charge on any atom is 0.335 e. The van der Waals surface area contributed by atoms with Crippen LogP contribution in [-0.2, 0) is 0 Å². The summed E-state index contributed by atoms with van der Waals surface area (Å²) in [6, 6.07) is 6.15. The highest BCUT2D eigenvalue weighted by molar-refractivity contribution is 5.93. The first-order valence-corrected chi connectivity index (χ1v) is 6.95. The van der Waals surface area contributed by atoms with Gasteiger partial charge in [-0.25, -0.2) is 9.59 Å². The van der Waals surface area contributed by atoms with Crippen LogP contribution >= 0.6 is 0 Å². The van der Waals surface area contributed by atoms with Crippen molar-refractivity contribution in [3.8, 4) is 0 Å². The quantitative estimate of drug-likeness (QED) is 0.872. The molecule has 0 saturated carbocycles. The summed E-state index contributed by atoms with van der Waals surface area (Å²) in [6.45, 7) is 3.72. The molecule has 1 aromatic carbocycles. The number of hydrogen-bond acceptors (Lipinski definition) is 2. The number of benzene rings is 1. The Labute approximate surface area is 118 Å². The molecule has 20 heavy (non-hydrogen) atoms. The molecule has 1 aliphatic heterocycles. The molecule has 5 nitrogen and oxygen atoms in total. The Balaban J connectivity index is 2.00. The van der Waals surface area contributed by atoms with E-state index in [1.54, 1.807) is 17.0 Å². The SMILES string of the molecule is CC1CCCN(C(=O)Nc2cccc(C(=O)O)c2)CC1. The second kappa shape index (κ2) is 6.41. The Morgan fingerprint density at radius 3 is 2.85 bits per heavy atom. The summed E-state index contributed by atoms with van der Waals surface area (Å²) >= 11 is 0. The summed E-state index contributed by atoms with van der Waals surface area (Å²) in [5.74, 6) is -0.340. The van der Waals surface area contributed by atoms with Gasteiger partial charge in [0.15, 0.2) is 0 Å². The minimum absolute atomic E-state index is 0.151. The highest BCUT2D eigenvalue weighted by Crippen LogP contribution is 2.18. The van der Waals surface area contributed by atoms with Crippen molar-refractivity contribution in [2.24, 2.45) is 5.92 Å². The molecule has 0 bridgehead atoms. The van der Waals surface area contributed by atoms with Gasteiger partial charge in [-0.3, -0.25) is 0 Å². The topological polar surface area (TPSA) is 69.6 Å².